The number of halogens is 4. The Morgan fingerprint density at radius 3 is 2.83 bits per heavy atom. The lowest BCUT2D eigenvalue weighted by molar-refractivity contribution is 0.0140. The zero-order valence-electron chi connectivity index (χ0n) is 26.3. The molecule has 4 aromatic rings. The third-order valence-corrected chi connectivity index (χ3v) is 12.0. The first-order valence-corrected chi connectivity index (χ1v) is 17.5. The quantitative estimate of drug-likeness (QED) is 0.233. The number of thiophene rings is 1. The van der Waals surface area contributed by atoms with Crippen molar-refractivity contribution in [3.63, 3.8) is 0 Å². The van der Waals surface area contributed by atoms with Crippen molar-refractivity contribution in [3.05, 3.63) is 34.4 Å². The number of rotatable bonds is 5. The highest BCUT2D eigenvalue weighted by atomic mass is 35.5. The fraction of sp³-hybridized carbons (Fsp3) is 0.500. The molecule has 0 bridgehead atoms. The molecule has 0 radical (unpaired) electrons. The number of hydrogen-bond acceptors (Lipinski definition) is 10. The summed E-state index contributed by atoms with van der Waals surface area (Å²) in [6, 6.07) is 4.39. The van der Waals surface area contributed by atoms with E-state index in [1.807, 2.05) is 17.9 Å². The van der Waals surface area contributed by atoms with E-state index in [1.54, 1.807) is 0 Å². The third-order valence-electron chi connectivity index (χ3n) is 10.6. The Balaban J connectivity index is 1.34. The second kappa shape index (κ2) is 11.5. The summed E-state index contributed by atoms with van der Waals surface area (Å²) in [5, 5.41) is 21.4. The summed E-state index contributed by atoms with van der Waals surface area (Å²) >= 11 is 7.94. The van der Waals surface area contributed by atoms with Gasteiger partial charge >= 0.3 is 6.01 Å². The van der Waals surface area contributed by atoms with Gasteiger partial charge < -0.3 is 25.2 Å². The molecule has 0 spiro atoms. The van der Waals surface area contributed by atoms with E-state index in [1.165, 1.54) is 12.1 Å². The Hall–Kier alpha value is -3.57. The summed E-state index contributed by atoms with van der Waals surface area (Å²) in [7, 11) is 0. The Morgan fingerprint density at radius 2 is 2.04 bits per heavy atom. The summed E-state index contributed by atoms with van der Waals surface area (Å²) in [5.41, 5.74) is 4.69. The van der Waals surface area contributed by atoms with Crippen LogP contribution in [-0.4, -0.2) is 76.2 Å². The van der Waals surface area contributed by atoms with Crippen molar-refractivity contribution < 1.29 is 27.8 Å². The van der Waals surface area contributed by atoms with Gasteiger partial charge in [0.25, 0.3) is 0 Å². The van der Waals surface area contributed by atoms with Gasteiger partial charge in [0.15, 0.2) is 11.6 Å². The highest BCUT2D eigenvalue weighted by Crippen LogP contribution is 2.51. The van der Waals surface area contributed by atoms with Crippen molar-refractivity contribution in [1.29, 1.82) is 5.26 Å². The summed E-state index contributed by atoms with van der Waals surface area (Å²) in [6.45, 7) is 3.63. The lowest BCUT2D eigenvalue weighted by Crippen LogP contribution is -2.46. The zero-order valence-corrected chi connectivity index (χ0v) is 27.9. The van der Waals surface area contributed by atoms with Gasteiger partial charge in [-0.2, -0.15) is 15.2 Å². The number of aromatic nitrogens is 2. The number of anilines is 2. The standard InChI is InChI=1S/C34H34ClF3N6O3S/c1-33(45)7-2-4-18(13-33)44-10-11-46-28-24-27(41-32(42-31(24)44)47-16-34-8-3-9-43(34)15-17(36)12-34)26(38)23(25(28)35)19-5-6-21(37)29-22(19)20(14-39)30(40)48-29/h5-6,17-18,45H,2-4,7-13,15-16,40H2,1H3/t17-,18?,33?,34+/m1/s1. The molecule has 3 fully saturated rings. The average molecular weight is 699 g/mol. The molecule has 2 aromatic heterocycles. The predicted molar refractivity (Wildman–Crippen MR) is 179 cm³/mol. The van der Waals surface area contributed by atoms with Gasteiger partial charge in [-0.05, 0) is 63.6 Å². The fourth-order valence-electron chi connectivity index (χ4n) is 8.44. The van der Waals surface area contributed by atoms with Crippen LogP contribution in [0.15, 0.2) is 12.1 Å². The number of nitriles is 1. The molecule has 8 rings (SSSR count). The lowest BCUT2D eigenvalue weighted by atomic mass is 9.82. The maximum absolute atomic E-state index is 17.2. The van der Waals surface area contributed by atoms with Crippen LogP contribution >= 0.6 is 22.9 Å². The number of alkyl halides is 1. The molecule has 252 valence electrons. The summed E-state index contributed by atoms with van der Waals surface area (Å²) in [5.74, 6) is -0.888. The van der Waals surface area contributed by atoms with Crippen LogP contribution in [0.4, 0.5) is 24.0 Å². The monoisotopic (exact) mass is 698 g/mol. The second-order valence-corrected chi connectivity index (χ2v) is 15.2. The van der Waals surface area contributed by atoms with Gasteiger partial charge in [0.2, 0.25) is 0 Å². The summed E-state index contributed by atoms with van der Waals surface area (Å²) in [4.78, 5) is 13.6. The Labute approximate surface area is 284 Å². The van der Waals surface area contributed by atoms with Crippen LogP contribution in [0.3, 0.4) is 0 Å². The van der Waals surface area contributed by atoms with Crippen molar-refractivity contribution >= 4 is 54.7 Å². The Bertz CT molecular complexity index is 2020. The molecule has 4 aliphatic rings. The third kappa shape index (κ3) is 4.94. The molecule has 1 saturated carbocycles. The summed E-state index contributed by atoms with van der Waals surface area (Å²) in [6.07, 6.45) is 3.80. The van der Waals surface area contributed by atoms with Gasteiger partial charge in [-0.15, -0.1) is 11.3 Å². The molecule has 0 amide bonds. The van der Waals surface area contributed by atoms with Crippen molar-refractivity contribution in [1.82, 2.24) is 14.9 Å². The van der Waals surface area contributed by atoms with Crippen molar-refractivity contribution in [2.24, 2.45) is 0 Å². The largest absolute Gasteiger partial charge is 0.489 e. The molecular formula is C34H34ClF3N6O3S. The highest BCUT2D eigenvalue weighted by Gasteiger charge is 2.49. The number of ether oxygens (including phenoxy) is 2. The topological polar surface area (TPSA) is 121 Å². The maximum Gasteiger partial charge on any atom is 0.319 e. The van der Waals surface area contributed by atoms with E-state index in [0.717, 1.165) is 43.6 Å². The van der Waals surface area contributed by atoms with E-state index in [9.17, 15) is 19.1 Å². The number of nitrogen functional groups attached to an aromatic ring is 1. The van der Waals surface area contributed by atoms with Crippen molar-refractivity contribution in [2.75, 3.05) is 43.5 Å². The second-order valence-electron chi connectivity index (χ2n) is 13.8. The number of aliphatic hydroxyl groups is 1. The average Bonchev–Trinajstić information content (AvgIpc) is 3.64. The molecular weight excluding hydrogens is 665 g/mol. The van der Waals surface area contributed by atoms with Crippen LogP contribution in [0.5, 0.6) is 11.8 Å². The lowest BCUT2D eigenvalue weighted by Gasteiger charge is -2.40. The normalized spacial score (nSPS) is 27.2. The first kappa shape index (κ1) is 31.7. The first-order valence-electron chi connectivity index (χ1n) is 16.3. The van der Waals surface area contributed by atoms with Gasteiger partial charge in [0.1, 0.15) is 47.6 Å². The van der Waals surface area contributed by atoms with E-state index in [2.05, 4.69) is 9.88 Å². The van der Waals surface area contributed by atoms with Crippen LogP contribution in [0, 0.1) is 23.0 Å². The van der Waals surface area contributed by atoms with Crippen molar-refractivity contribution in [3.8, 4) is 29.0 Å². The van der Waals surface area contributed by atoms with Gasteiger partial charge in [-0.1, -0.05) is 17.7 Å². The molecule has 1 aliphatic carbocycles. The minimum absolute atomic E-state index is 0.0258. The minimum atomic E-state index is -0.954. The number of nitrogens with two attached hydrogens (primary N) is 1. The molecule has 3 N–H and O–H groups in total. The predicted octanol–water partition coefficient (Wildman–Crippen LogP) is 6.74. The van der Waals surface area contributed by atoms with E-state index < -0.39 is 28.9 Å². The maximum atomic E-state index is 17.2. The highest BCUT2D eigenvalue weighted by molar-refractivity contribution is 7.23. The number of benzene rings is 2. The van der Waals surface area contributed by atoms with Gasteiger partial charge in [0, 0.05) is 30.0 Å². The van der Waals surface area contributed by atoms with Crippen molar-refractivity contribution in [2.45, 2.75) is 75.2 Å². The first-order chi connectivity index (χ1) is 23.0. The fourth-order valence-corrected chi connectivity index (χ4v) is 9.72. The SMILES string of the molecule is CC1(O)CCCC(N2CCOc3c(Cl)c(-c4ccc(F)c5sc(N)c(C#N)c45)c(F)c4nc(OC[C@@]56CCCN5C[C@H](F)C6)nc2c34)C1. The van der Waals surface area contributed by atoms with Crippen LogP contribution in [0.2, 0.25) is 5.02 Å². The number of hydrogen-bond donors (Lipinski definition) is 2. The van der Waals surface area contributed by atoms with Crippen LogP contribution in [0.25, 0.3) is 32.1 Å². The van der Waals surface area contributed by atoms with Crippen LogP contribution in [0.1, 0.15) is 57.4 Å². The zero-order chi connectivity index (χ0) is 33.5. The molecule has 14 heteroatoms. The molecule has 2 aromatic carbocycles. The molecule has 9 nitrogen and oxygen atoms in total. The Kier molecular flexibility index (Phi) is 7.60. The number of fused-ring (bicyclic) bond motifs is 2. The Morgan fingerprint density at radius 1 is 1.21 bits per heavy atom. The van der Waals surface area contributed by atoms with E-state index in [-0.39, 0.29) is 78.7 Å². The smallest absolute Gasteiger partial charge is 0.319 e. The van der Waals surface area contributed by atoms with Gasteiger partial charge in [0.05, 0.1) is 38.4 Å². The molecule has 4 atom stereocenters. The molecule has 2 saturated heterocycles. The minimum Gasteiger partial charge on any atom is -0.489 e. The molecule has 5 heterocycles. The van der Waals surface area contributed by atoms with E-state index in [4.69, 9.17) is 31.8 Å². The van der Waals surface area contributed by atoms with Gasteiger partial charge in [-0.3, -0.25) is 4.90 Å². The number of nitrogens with zero attached hydrogens (tertiary/aromatic N) is 5. The molecule has 2 unspecified atom stereocenters. The molecule has 48 heavy (non-hydrogen) atoms. The van der Waals surface area contributed by atoms with Crippen LogP contribution < -0.4 is 20.1 Å². The van der Waals surface area contributed by atoms with E-state index >= 15 is 4.39 Å². The summed E-state index contributed by atoms with van der Waals surface area (Å²) < 4.78 is 59.4. The van der Waals surface area contributed by atoms with Gasteiger partial charge in [-0.25, -0.2) is 13.2 Å². The van der Waals surface area contributed by atoms with E-state index in [0.29, 0.717) is 38.2 Å². The molecule has 3 aliphatic heterocycles. The van der Waals surface area contributed by atoms with Crippen LogP contribution in [-0.2, 0) is 0 Å².